The van der Waals surface area contributed by atoms with E-state index in [0.29, 0.717) is 18.0 Å². The van der Waals surface area contributed by atoms with Gasteiger partial charge in [-0.05, 0) is 38.0 Å². The van der Waals surface area contributed by atoms with E-state index >= 15 is 0 Å². The van der Waals surface area contributed by atoms with E-state index in [1.165, 1.54) is 17.3 Å². The van der Waals surface area contributed by atoms with Crippen LogP contribution in [-0.4, -0.2) is 39.7 Å². The second-order valence-electron chi connectivity index (χ2n) is 6.64. The molecule has 2 aromatic rings. The van der Waals surface area contributed by atoms with E-state index in [1.807, 2.05) is 41.3 Å². The number of hydrogen-bond acceptors (Lipinski definition) is 3. The molecular formula is C21H23NO3S. The van der Waals surface area contributed by atoms with Gasteiger partial charge in [-0.3, -0.25) is 9.59 Å². The fourth-order valence-electron chi connectivity index (χ4n) is 3.51. The van der Waals surface area contributed by atoms with Crippen LogP contribution >= 0.6 is 11.8 Å². The first-order chi connectivity index (χ1) is 12.5. The molecule has 0 aromatic heterocycles. The molecule has 1 aliphatic heterocycles. The highest BCUT2D eigenvalue weighted by Crippen LogP contribution is 2.35. The van der Waals surface area contributed by atoms with Crippen LogP contribution in [0.25, 0.3) is 0 Å². The Kier molecular flexibility index (Phi) is 5.67. The van der Waals surface area contributed by atoms with Crippen molar-refractivity contribution in [1.29, 1.82) is 0 Å². The van der Waals surface area contributed by atoms with Crippen LogP contribution in [-0.2, 0) is 4.79 Å². The lowest BCUT2D eigenvalue weighted by Crippen LogP contribution is -2.35. The maximum Gasteiger partial charge on any atom is 0.316 e. The highest BCUT2D eigenvalue weighted by atomic mass is 32.2. The van der Waals surface area contributed by atoms with Crippen molar-refractivity contribution in [2.75, 3.05) is 6.54 Å². The Morgan fingerprint density at radius 3 is 2.46 bits per heavy atom. The molecule has 0 radical (unpaired) electrons. The molecule has 1 N–H and O–H groups in total. The number of aliphatic carboxylic acids is 1. The van der Waals surface area contributed by atoms with Crippen molar-refractivity contribution >= 4 is 23.6 Å². The van der Waals surface area contributed by atoms with Gasteiger partial charge < -0.3 is 10.0 Å². The molecule has 26 heavy (non-hydrogen) atoms. The van der Waals surface area contributed by atoms with Crippen LogP contribution in [0, 0.1) is 0 Å². The number of carboxylic acids is 1. The lowest BCUT2D eigenvalue weighted by molar-refractivity contribution is -0.136. The summed E-state index contributed by atoms with van der Waals surface area (Å²) in [4.78, 5) is 27.0. The van der Waals surface area contributed by atoms with E-state index in [-0.39, 0.29) is 11.9 Å². The van der Waals surface area contributed by atoms with E-state index in [9.17, 15) is 14.7 Å². The lowest BCUT2D eigenvalue weighted by atomic mass is 9.93. The number of nitrogens with zero attached hydrogens (tertiary/aromatic N) is 1. The van der Waals surface area contributed by atoms with Crippen molar-refractivity contribution in [1.82, 2.24) is 4.90 Å². The first-order valence-electron chi connectivity index (χ1n) is 8.83. The third kappa shape index (κ3) is 3.78. The van der Waals surface area contributed by atoms with Crippen molar-refractivity contribution < 1.29 is 14.7 Å². The Hall–Kier alpha value is -2.27. The van der Waals surface area contributed by atoms with Gasteiger partial charge in [-0.1, -0.05) is 42.5 Å². The molecule has 1 saturated heterocycles. The number of benzene rings is 2. The van der Waals surface area contributed by atoms with Gasteiger partial charge in [0.1, 0.15) is 5.25 Å². The molecular weight excluding hydrogens is 346 g/mol. The third-order valence-electron chi connectivity index (χ3n) is 5.01. The fraction of sp³-hybridized carbons (Fsp3) is 0.333. The predicted octanol–water partition coefficient (Wildman–Crippen LogP) is 4.27. The minimum absolute atomic E-state index is 0.0170. The van der Waals surface area contributed by atoms with Gasteiger partial charge in [0.15, 0.2) is 0 Å². The molecule has 1 heterocycles. The van der Waals surface area contributed by atoms with Crippen molar-refractivity contribution in [3.05, 3.63) is 65.7 Å². The standard InChI is InChI=1S/C21H23NO3S/c1-14-17(16-8-4-3-5-9-16)12-13-22(14)20(23)18-10-6-7-11-19(18)26-15(2)21(24)25/h3-11,14-15,17H,12-13H2,1-2H3,(H,24,25). The lowest BCUT2D eigenvalue weighted by Gasteiger charge is -2.26. The highest BCUT2D eigenvalue weighted by Gasteiger charge is 2.35. The predicted molar refractivity (Wildman–Crippen MR) is 104 cm³/mol. The summed E-state index contributed by atoms with van der Waals surface area (Å²) in [6.07, 6.45) is 0.942. The summed E-state index contributed by atoms with van der Waals surface area (Å²) >= 11 is 1.22. The summed E-state index contributed by atoms with van der Waals surface area (Å²) in [5.41, 5.74) is 1.85. The van der Waals surface area contributed by atoms with Crippen LogP contribution in [0.5, 0.6) is 0 Å². The number of carbonyl (C=O) groups is 2. The van der Waals surface area contributed by atoms with Gasteiger partial charge >= 0.3 is 5.97 Å². The maximum atomic E-state index is 13.2. The number of thioether (sulfide) groups is 1. The van der Waals surface area contributed by atoms with Crippen molar-refractivity contribution in [2.45, 2.75) is 42.4 Å². The van der Waals surface area contributed by atoms with Crippen molar-refractivity contribution in [3.63, 3.8) is 0 Å². The van der Waals surface area contributed by atoms with E-state index < -0.39 is 11.2 Å². The smallest absolute Gasteiger partial charge is 0.316 e. The van der Waals surface area contributed by atoms with Gasteiger partial charge in [0, 0.05) is 23.4 Å². The van der Waals surface area contributed by atoms with Crippen LogP contribution in [0.4, 0.5) is 0 Å². The molecule has 3 rings (SSSR count). The Morgan fingerprint density at radius 1 is 1.12 bits per heavy atom. The first kappa shape index (κ1) is 18.5. The Morgan fingerprint density at radius 2 is 1.77 bits per heavy atom. The van der Waals surface area contributed by atoms with Gasteiger partial charge in [0.05, 0.1) is 5.56 Å². The number of hydrogen-bond donors (Lipinski definition) is 1. The van der Waals surface area contributed by atoms with E-state index in [1.54, 1.807) is 13.0 Å². The van der Waals surface area contributed by atoms with Crippen LogP contribution in [0.3, 0.4) is 0 Å². The molecule has 0 aliphatic carbocycles. The summed E-state index contributed by atoms with van der Waals surface area (Å²) in [6.45, 7) is 4.45. The van der Waals surface area contributed by atoms with Gasteiger partial charge in [-0.2, -0.15) is 0 Å². The molecule has 4 nitrogen and oxygen atoms in total. The average molecular weight is 369 g/mol. The summed E-state index contributed by atoms with van der Waals surface area (Å²) < 4.78 is 0. The number of amides is 1. The molecule has 0 spiro atoms. The molecule has 3 unspecified atom stereocenters. The Balaban J connectivity index is 1.81. The quantitative estimate of drug-likeness (QED) is 0.800. The molecule has 1 aliphatic rings. The average Bonchev–Trinajstić information content (AvgIpc) is 3.03. The second kappa shape index (κ2) is 7.96. The number of carboxylic acid groups (broad SMARTS) is 1. The Bertz CT molecular complexity index is 793. The number of carbonyl (C=O) groups excluding carboxylic acids is 1. The van der Waals surface area contributed by atoms with Gasteiger partial charge in [0.2, 0.25) is 0 Å². The van der Waals surface area contributed by atoms with E-state index in [0.717, 1.165) is 11.3 Å². The molecule has 5 heteroatoms. The zero-order valence-corrected chi connectivity index (χ0v) is 15.8. The minimum Gasteiger partial charge on any atom is -0.480 e. The minimum atomic E-state index is -0.879. The molecule has 2 aromatic carbocycles. The zero-order chi connectivity index (χ0) is 18.7. The summed E-state index contributed by atoms with van der Waals surface area (Å²) in [6, 6.07) is 17.7. The van der Waals surface area contributed by atoms with Gasteiger partial charge in [-0.25, -0.2) is 0 Å². The monoisotopic (exact) mass is 369 g/mol. The summed E-state index contributed by atoms with van der Waals surface area (Å²) in [7, 11) is 0. The maximum absolute atomic E-state index is 13.2. The van der Waals surface area contributed by atoms with Crippen molar-refractivity contribution in [3.8, 4) is 0 Å². The number of rotatable bonds is 5. The largest absolute Gasteiger partial charge is 0.480 e. The summed E-state index contributed by atoms with van der Waals surface area (Å²) in [5, 5.41) is 8.57. The molecule has 0 saturated carbocycles. The normalized spacial score (nSPS) is 20.8. The second-order valence-corrected chi connectivity index (χ2v) is 8.02. The van der Waals surface area contributed by atoms with Crippen molar-refractivity contribution in [2.24, 2.45) is 0 Å². The third-order valence-corrected chi connectivity index (χ3v) is 6.18. The molecule has 3 atom stereocenters. The van der Waals surface area contributed by atoms with Crippen LogP contribution in [0.2, 0.25) is 0 Å². The zero-order valence-electron chi connectivity index (χ0n) is 15.0. The SMILES string of the molecule is CC(Sc1ccccc1C(=O)N1CCC(c2ccccc2)C1C)C(=O)O. The molecule has 0 bridgehead atoms. The van der Waals surface area contributed by atoms with E-state index in [2.05, 4.69) is 19.1 Å². The Labute approximate surface area is 158 Å². The number of likely N-dealkylation sites (tertiary alicyclic amines) is 1. The molecule has 1 fully saturated rings. The fourth-order valence-corrected chi connectivity index (χ4v) is 4.43. The molecule has 136 valence electrons. The van der Waals surface area contributed by atoms with Crippen LogP contribution in [0.1, 0.15) is 42.1 Å². The first-order valence-corrected chi connectivity index (χ1v) is 9.71. The highest BCUT2D eigenvalue weighted by molar-refractivity contribution is 8.00. The van der Waals surface area contributed by atoms with Crippen LogP contribution < -0.4 is 0 Å². The van der Waals surface area contributed by atoms with Gasteiger partial charge in [0.25, 0.3) is 5.91 Å². The van der Waals surface area contributed by atoms with E-state index in [4.69, 9.17) is 0 Å². The van der Waals surface area contributed by atoms with Gasteiger partial charge in [-0.15, -0.1) is 11.8 Å². The van der Waals surface area contributed by atoms with Crippen LogP contribution in [0.15, 0.2) is 59.5 Å². The molecule has 1 amide bonds. The summed E-state index contributed by atoms with van der Waals surface area (Å²) in [5.74, 6) is -0.564. The topological polar surface area (TPSA) is 57.6 Å².